The van der Waals surface area contributed by atoms with E-state index in [9.17, 15) is 0 Å². The van der Waals surface area contributed by atoms with Gasteiger partial charge in [-0.15, -0.1) is 0 Å². The smallest absolute Gasteiger partial charge is 0.0437 e. The van der Waals surface area contributed by atoms with Crippen molar-refractivity contribution in [2.24, 2.45) is 5.73 Å². The van der Waals surface area contributed by atoms with Crippen LogP contribution in [0.15, 0.2) is 24.3 Å². The number of nitrogens with two attached hydrogens (primary N) is 1. The third kappa shape index (κ3) is 1.29. The molecule has 1 heterocycles. The maximum absolute atomic E-state index is 5.83. The SMILES string of the molecule is NC1=CCNc2ccc(I)cc21. The molecule has 1 aromatic rings. The molecule has 0 unspecified atom stereocenters. The Kier molecular flexibility index (Phi) is 1.96. The van der Waals surface area contributed by atoms with Crippen molar-refractivity contribution in [1.29, 1.82) is 0 Å². The summed E-state index contributed by atoms with van der Waals surface area (Å²) in [4.78, 5) is 0. The Morgan fingerprint density at radius 3 is 3.08 bits per heavy atom. The first kappa shape index (κ1) is 7.91. The summed E-state index contributed by atoms with van der Waals surface area (Å²) in [5.74, 6) is 0. The van der Waals surface area contributed by atoms with Crippen molar-refractivity contribution in [3.8, 4) is 0 Å². The number of hydrogen-bond donors (Lipinski definition) is 2. The second-order valence-corrected chi connectivity index (χ2v) is 3.98. The molecule has 1 aromatic carbocycles. The molecule has 2 nitrogen and oxygen atoms in total. The zero-order valence-corrected chi connectivity index (χ0v) is 8.63. The van der Waals surface area contributed by atoms with Gasteiger partial charge in [-0.05, 0) is 46.9 Å². The molecule has 0 bridgehead atoms. The van der Waals surface area contributed by atoms with Gasteiger partial charge >= 0.3 is 0 Å². The molecule has 0 aliphatic carbocycles. The van der Waals surface area contributed by atoms with Gasteiger partial charge in [-0.1, -0.05) is 0 Å². The summed E-state index contributed by atoms with van der Waals surface area (Å²) in [7, 11) is 0. The maximum atomic E-state index is 5.83. The summed E-state index contributed by atoms with van der Waals surface area (Å²) in [6, 6.07) is 6.23. The molecule has 1 aliphatic heterocycles. The van der Waals surface area contributed by atoms with Gasteiger partial charge in [-0.3, -0.25) is 0 Å². The highest BCUT2D eigenvalue weighted by atomic mass is 127. The first-order valence-corrected chi connectivity index (χ1v) is 4.84. The Balaban J connectivity index is 2.58. The quantitative estimate of drug-likeness (QED) is 0.709. The molecule has 0 radical (unpaired) electrons. The van der Waals surface area contributed by atoms with E-state index < -0.39 is 0 Å². The maximum Gasteiger partial charge on any atom is 0.0437 e. The predicted molar refractivity (Wildman–Crippen MR) is 59.8 cm³/mol. The monoisotopic (exact) mass is 272 g/mol. The molecule has 3 heteroatoms. The van der Waals surface area contributed by atoms with Crippen molar-refractivity contribution in [2.45, 2.75) is 0 Å². The van der Waals surface area contributed by atoms with Gasteiger partial charge in [0.1, 0.15) is 0 Å². The van der Waals surface area contributed by atoms with Crippen LogP contribution in [-0.2, 0) is 0 Å². The highest BCUT2D eigenvalue weighted by molar-refractivity contribution is 14.1. The van der Waals surface area contributed by atoms with E-state index >= 15 is 0 Å². The lowest BCUT2D eigenvalue weighted by atomic mass is 10.1. The van der Waals surface area contributed by atoms with Crippen molar-refractivity contribution >= 4 is 34.0 Å². The summed E-state index contributed by atoms with van der Waals surface area (Å²) in [6.45, 7) is 0.833. The Bertz CT molecular complexity index is 344. The minimum atomic E-state index is 0.833. The van der Waals surface area contributed by atoms with E-state index in [1.165, 1.54) is 3.57 Å². The second-order valence-electron chi connectivity index (χ2n) is 2.73. The second kappa shape index (κ2) is 2.97. The number of halogens is 1. The van der Waals surface area contributed by atoms with Gasteiger partial charge in [0.15, 0.2) is 0 Å². The van der Waals surface area contributed by atoms with Crippen molar-refractivity contribution in [2.75, 3.05) is 11.9 Å². The Morgan fingerprint density at radius 1 is 1.42 bits per heavy atom. The number of nitrogens with one attached hydrogen (secondary N) is 1. The van der Waals surface area contributed by atoms with Crippen LogP contribution < -0.4 is 11.1 Å². The van der Waals surface area contributed by atoms with Gasteiger partial charge in [-0.2, -0.15) is 0 Å². The topological polar surface area (TPSA) is 38.0 Å². The van der Waals surface area contributed by atoms with Gasteiger partial charge in [-0.25, -0.2) is 0 Å². The van der Waals surface area contributed by atoms with Crippen LogP contribution in [-0.4, -0.2) is 6.54 Å². The lowest BCUT2D eigenvalue weighted by Gasteiger charge is -2.16. The van der Waals surface area contributed by atoms with Gasteiger partial charge in [0.25, 0.3) is 0 Å². The highest BCUT2D eigenvalue weighted by Gasteiger charge is 2.08. The molecule has 12 heavy (non-hydrogen) atoms. The largest absolute Gasteiger partial charge is 0.398 e. The van der Waals surface area contributed by atoms with Crippen LogP contribution in [0.2, 0.25) is 0 Å². The number of benzene rings is 1. The fourth-order valence-electron chi connectivity index (χ4n) is 1.29. The summed E-state index contributed by atoms with van der Waals surface area (Å²) in [6.07, 6.45) is 2.00. The van der Waals surface area contributed by atoms with Crippen LogP contribution in [0.1, 0.15) is 5.56 Å². The fourth-order valence-corrected chi connectivity index (χ4v) is 1.78. The normalized spacial score (nSPS) is 14.6. The molecule has 0 atom stereocenters. The number of anilines is 1. The van der Waals surface area contributed by atoms with Crippen LogP contribution in [0.3, 0.4) is 0 Å². The minimum Gasteiger partial charge on any atom is -0.398 e. The zero-order chi connectivity index (χ0) is 8.55. The molecule has 1 aliphatic rings. The number of hydrogen-bond acceptors (Lipinski definition) is 2. The van der Waals surface area contributed by atoms with Crippen molar-refractivity contribution in [3.05, 3.63) is 33.4 Å². The van der Waals surface area contributed by atoms with Crippen LogP contribution in [0.4, 0.5) is 5.69 Å². The molecule has 2 rings (SSSR count). The Labute approximate surface area is 85.0 Å². The lowest BCUT2D eigenvalue weighted by molar-refractivity contribution is 1.27. The predicted octanol–water partition coefficient (Wildman–Crippen LogP) is 2.02. The van der Waals surface area contributed by atoms with E-state index in [2.05, 4.69) is 46.1 Å². The molecule has 0 aromatic heterocycles. The average Bonchev–Trinajstić information content (AvgIpc) is 2.07. The molecule has 3 N–H and O–H groups in total. The molecule has 0 fully saturated rings. The van der Waals surface area contributed by atoms with Gasteiger partial charge < -0.3 is 11.1 Å². The fraction of sp³-hybridized carbons (Fsp3) is 0.111. The summed E-state index contributed by atoms with van der Waals surface area (Å²) in [5, 5.41) is 3.26. The summed E-state index contributed by atoms with van der Waals surface area (Å²) in [5.41, 5.74) is 8.96. The van der Waals surface area contributed by atoms with Crippen molar-refractivity contribution in [1.82, 2.24) is 0 Å². The van der Waals surface area contributed by atoms with Crippen LogP contribution >= 0.6 is 22.6 Å². The van der Waals surface area contributed by atoms with Crippen LogP contribution in [0.25, 0.3) is 5.70 Å². The lowest BCUT2D eigenvalue weighted by Crippen LogP contribution is -2.12. The molecular weight excluding hydrogens is 263 g/mol. The third-order valence-electron chi connectivity index (χ3n) is 1.91. The summed E-state index contributed by atoms with van der Waals surface area (Å²) >= 11 is 2.29. The van der Waals surface area contributed by atoms with Crippen molar-refractivity contribution in [3.63, 3.8) is 0 Å². The third-order valence-corrected chi connectivity index (χ3v) is 2.58. The van der Waals surface area contributed by atoms with Gasteiger partial charge in [0, 0.05) is 27.1 Å². The van der Waals surface area contributed by atoms with Gasteiger partial charge in [0.2, 0.25) is 0 Å². The van der Waals surface area contributed by atoms with Crippen LogP contribution in [0.5, 0.6) is 0 Å². The number of rotatable bonds is 0. The van der Waals surface area contributed by atoms with E-state index in [1.807, 2.05) is 6.08 Å². The van der Waals surface area contributed by atoms with E-state index in [-0.39, 0.29) is 0 Å². The minimum absolute atomic E-state index is 0.833. The van der Waals surface area contributed by atoms with E-state index in [4.69, 9.17) is 5.73 Å². The van der Waals surface area contributed by atoms with E-state index in [1.54, 1.807) is 0 Å². The Morgan fingerprint density at radius 2 is 2.25 bits per heavy atom. The molecule has 0 spiro atoms. The molecular formula is C9H9IN2. The molecule has 0 saturated carbocycles. The standard InChI is InChI=1S/C9H9IN2/c10-6-1-2-9-7(5-6)8(11)3-4-12-9/h1-3,5,12H,4,11H2. The first-order valence-electron chi connectivity index (χ1n) is 3.77. The molecule has 0 saturated heterocycles. The average molecular weight is 272 g/mol. The first-order chi connectivity index (χ1) is 5.77. The van der Waals surface area contributed by atoms with Crippen LogP contribution in [0, 0.1) is 3.57 Å². The highest BCUT2D eigenvalue weighted by Crippen LogP contribution is 2.25. The van der Waals surface area contributed by atoms with Crippen molar-refractivity contribution < 1.29 is 0 Å². The molecule has 62 valence electrons. The number of fused-ring (bicyclic) bond motifs is 1. The molecule has 0 amide bonds. The van der Waals surface area contributed by atoms with E-state index in [0.29, 0.717) is 0 Å². The Hall–Kier alpha value is -0.710. The van der Waals surface area contributed by atoms with E-state index in [0.717, 1.165) is 23.5 Å². The van der Waals surface area contributed by atoms with Gasteiger partial charge in [0.05, 0.1) is 0 Å². The summed E-state index contributed by atoms with van der Waals surface area (Å²) < 4.78 is 1.21. The zero-order valence-electron chi connectivity index (χ0n) is 6.47.